The first-order chi connectivity index (χ1) is 7.31. The molecular formula is C10H8FN3S. The molecule has 15 heavy (non-hydrogen) atoms. The van der Waals surface area contributed by atoms with Gasteiger partial charge < -0.3 is 0 Å². The highest BCUT2D eigenvalue weighted by Crippen LogP contribution is 2.20. The van der Waals surface area contributed by atoms with Crippen LogP contribution >= 0.6 is 11.8 Å². The van der Waals surface area contributed by atoms with E-state index >= 15 is 0 Å². The molecule has 0 radical (unpaired) electrons. The van der Waals surface area contributed by atoms with Crippen LogP contribution in [0, 0.1) is 5.82 Å². The number of rotatable bonds is 2. The van der Waals surface area contributed by atoms with Crippen molar-refractivity contribution in [2.24, 2.45) is 0 Å². The molecule has 0 saturated heterocycles. The van der Waals surface area contributed by atoms with Crippen molar-refractivity contribution in [3.63, 3.8) is 0 Å². The number of aromatic nitrogens is 3. The molecule has 76 valence electrons. The highest BCUT2D eigenvalue weighted by atomic mass is 32.2. The lowest BCUT2D eigenvalue weighted by molar-refractivity contribution is 0.630. The summed E-state index contributed by atoms with van der Waals surface area (Å²) in [5, 5.41) is 8.10. The van der Waals surface area contributed by atoms with E-state index in [-0.39, 0.29) is 5.82 Å². The molecule has 0 N–H and O–H groups in total. The fourth-order valence-electron chi connectivity index (χ4n) is 1.17. The van der Waals surface area contributed by atoms with E-state index in [0.29, 0.717) is 16.4 Å². The molecule has 0 bridgehead atoms. The average molecular weight is 221 g/mol. The fraction of sp³-hybridized carbons (Fsp3) is 0.100. The summed E-state index contributed by atoms with van der Waals surface area (Å²) in [7, 11) is 0. The quantitative estimate of drug-likeness (QED) is 0.730. The van der Waals surface area contributed by atoms with Gasteiger partial charge in [-0.25, -0.2) is 9.37 Å². The Labute approximate surface area is 90.8 Å². The third-order valence-electron chi connectivity index (χ3n) is 1.87. The summed E-state index contributed by atoms with van der Waals surface area (Å²) in [5.74, 6) is -0.301. The van der Waals surface area contributed by atoms with Gasteiger partial charge in [0, 0.05) is 5.56 Å². The van der Waals surface area contributed by atoms with Crippen molar-refractivity contribution in [1.82, 2.24) is 15.2 Å². The van der Waals surface area contributed by atoms with E-state index < -0.39 is 0 Å². The van der Waals surface area contributed by atoms with Crippen molar-refractivity contribution >= 4 is 11.8 Å². The number of thioether (sulfide) groups is 1. The lowest BCUT2D eigenvalue weighted by Crippen LogP contribution is -1.94. The monoisotopic (exact) mass is 221 g/mol. The van der Waals surface area contributed by atoms with Crippen molar-refractivity contribution in [3.05, 3.63) is 36.3 Å². The average Bonchev–Trinajstić information content (AvgIpc) is 2.30. The van der Waals surface area contributed by atoms with Crippen molar-refractivity contribution in [2.45, 2.75) is 5.16 Å². The minimum atomic E-state index is -0.301. The molecule has 0 unspecified atom stereocenters. The second kappa shape index (κ2) is 4.35. The molecule has 1 aromatic carbocycles. The van der Waals surface area contributed by atoms with Gasteiger partial charge in [0.15, 0.2) is 0 Å². The second-order valence-electron chi connectivity index (χ2n) is 2.81. The Hall–Kier alpha value is -1.49. The second-order valence-corrected chi connectivity index (χ2v) is 3.58. The van der Waals surface area contributed by atoms with Gasteiger partial charge in [0.05, 0.1) is 11.9 Å². The minimum Gasteiger partial charge on any atom is -0.219 e. The van der Waals surface area contributed by atoms with Crippen LogP contribution < -0.4 is 0 Å². The van der Waals surface area contributed by atoms with E-state index in [1.54, 1.807) is 18.2 Å². The number of hydrogen-bond acceptors (Lipinski definition) is 4. The molecule has 2 rings (SSSR count). The summed E-state index contributed by atoms with van der Waals surface area (Å²) in [6.07, 6.45) is 3.31. The van der Waals surface area contributed by atoms with Gasteiger partial charge in [0.1, 0.15) is 5.82 Å². The molecule has 1 aromatic heterocycles. The molecule has 5 heteroatoms. The zero-order chi connectivity index (χ0) is 10.7. The van der Waals surface area contributed by atoms with E-state index in [4.69, 9.17) is 0 Å². The minimum absolute atomic E-state index is 0.301. The van der Waals surface area contributed by atoms with Gasteiger partial charge in [-0.05, 0) is 18.4 Å². The van der Waals surface area contributed by atoms with Crippen LogP contribution in [0.15, 0.2) is 35.6 Å². The van der Waals surface area contributed by atoms with Crippen molar-refractivity contribution < 1.29 is 4.39 Å². The zero-order valence-corrected chi connectivity index (χ0v) is 8.83. The molecule has 0 atom stereocenters. The van der Waals surface area contributed by atoms with Crippen LogP contribution in [0.1, 0.15) is 0 Å². The Morgan fingerprint density at radius 3 is 2.80 bits per heavy atom. The highest BCUT2D eigenvalue weighted by molar-refractivity contribution is 7.98. The normalized spacial score (nSPS) is 10.3. The lowest BCUT2D eigenvalue weighted by Gasteiger charge is -2.01. The first kappa shape index (κ1) is 10.0. The topological polar surface area (TPSA) is 38.7 Å². The van der Waals surface area contributed by atoms with Crippen LogP contribution in [-0.4, -0.2) is 21.4 Å². The van der Waals surface area contributed by atoms with Crippen LogP contribution in [0.3, 0.4) is 0 Å². The molecule has 0 aliphatic rings. The van der Waals surface area contributed by atoms with Crippen LogP contribution in [0.2, 0.25) is 0 Å². The number of hydrogen-bond donors (Lipinski definition) is 0. The SMILES string of the molecule is CSc1nncc(-c2ccccc2F)n1. The summed E-state index contributed by atoms with van der Waals surface area (Å²) in [4.78, 5) is 4.17. The van der Waals surface area contributed by atoms with Crippen molar-refractivity contribution in [2.75, 3.05) is 6.26 Å². The Bertz CT molecular complexity index is 476. The predicted molar refractivity (Wildman–Crippen MR) is 57.0 cm³/mol. The van der Waals surface area contributed by atoms with Gasteiger partial charge in [0.2, 0.25) is 5.16 Å². The molecule has 2 aromatic rings. The van der Waals surface area contributed by atoms with E-state index in [0.717, 1.165) is 0 Å². The van der Waals surface area contributed by atoms with E-state index in [9.17, 15) is 4.39 Å². The van der Waals surface area contributed by atoms with Crippen LogP contribution in [-0.2, 0) is 0 Å². The van der Waals surface area contributed by atoms with Crippen molar-refractivity contribution in [3.8, 4) is 11.3 Å². The number of benzene rings is 1. The maximum atomic E-state index is 13.4. The lowest BCUT2D eigenvalue weighted by atomic mass is 10.1. The summed E-state index contributed by atoms with van der Waals surface area (Å²) in [5.41, 5.74) is 0.954. The van der Waals surface area contributed by atoms with Gasteiger partial charge in [-0.3, -0.25) is 0 Å². The summed E-state index contributed by atoms with van der Waals surface area (Å²) in [6.45, 7) is 0. The molecule has 0 amide bonds. The summed E-state index contributed by atoms with van der Waals surface area (Å²) < 4.78 is 13.4. The molecule has 1 heterocycles. The Kier molecular flexibility index (Phi) is 2.91. The van der Waals surface area contributed by atoms with Gasteiger partial charge >= 0.3 is 0 Å². The molecule has 0 saturated carbocycles. The van der Waals surface area contributed by atoms with E-state index in [1.807, 2.05) is 6.26 Å². The van der Waals surface area contributed by atoms with Gasteiger partial charge in [-0.1, -0.05) is 23.9 Å². The summed E-state index contributed by atoms with van der Waals surface area (Å²) >= 11 is 1.38. The smallest absolute Gasteiger partial charge is 0.209 e. The summed E-state index contributed by atoms with van der Waals surface area (Å²) in [6, 6.07) is 6.47. The van der Waals surface area contributed by atoms with Gasteiger partial charge in [-0.15, -0.1) is 5.10 Å². The van der Waals surface area contributed by atoms with Crippen LogP contribution in [0.5, 0.6) is 0 Å². The zero-order valence-electron chi connectivity index (χ0n) is 8.01. The molecular weight excluding hydrogens is 213 g/mol. The third kappa shape index (κ3) is 2.12. The Balaban J connectivity index is 2.49. The van der Waals surface area contributed by atoms with Crippen molar-refractivity contribution in [1.29, 1.82) is 0 Å². The first-order valence-corrected chi connectivity index (χ1v) is 5.52. The van der Waals surface area contributed by atoms with Crippen LogP contribution in [0.4, 0.5) is 4.39 Å². The number of halogens is 1. The molecule has 0 aliphatic heterocycles. The first-order valence-electron chi connectivity index (χ1n) is 4.30. The Morgan fingerprint density at radius 1 is 1.27 bits per heavy atom. The predicted octanol–water partition coefficient (Wildman–Crippen LogP) is 2.40. The molecule has 0 fully saturated rings. The molecule has 3 nitrogen and oxygen atoms in total. The molecule has 0 aliphatic carbocycles. The molecule has 0 spiro atoms. The van der Waals surface area contributed by atoms with E-state index in [2.05, 4.69) is 15.2 Å². The third-order valence-corrected chi connectivity index (χ3v) is 2.41. The van der Waals surface area contributed by atoms with E-state index in [1.165, 1.54) is 24.0 Å². The number of nitrogens with zero attached hydrogens (tertiary/aromatic N) is 3. The largest absolute Gasteiger partial charge is 0.219 e. The van der Waals surface area contributed by atoms with Gasteiger partial charge in [-0.2, -0.15) is 5.10 Å². The standard InChI is InChI=1S/C10H8FN3S/c1-15-10-13-9(6-12-14-10)7-4-2-3-5-8(7)11/h2-6H,1H3. The maximum Gasteiger partial charge on any atom is 0.209 e. The van der Waals surface area contributed by atoms with Gasteiger partial charge in [0.25, 0.3) is 0 Å². The van der Waals surface area contributed by atoms with Crippen LogP contribution in [0.25, 0.3) is 11.3 Å². The fourth-order valence-corrected chi connectivity index (χ4v) is 1.49. The Morgan fingerprint density at radius 2 is 2.07 bits per heavy atom. The maximum absolute atomic E-state index is 13.4. The highest BCUT2D eigenvalue weighted by Gasteiger charge is 2.06.